The Balaban J connectivity index is 1.33. The van der Waals surface area contributed by atoms with Gasteiger partial charge >= 0.3 is 0 Å². The van der Waals surface area contributed by atoms with E-state index in [1.54, 1.807) is 30.5 Å². The van der Waals surface area contributed by atoms with Crippen LogP contribution < -0.4 is 15.4 Å². The van der Waals surface area contributed by atoms with Crippen molar-refractivity contribution >= 4 is 34.5 Å². The highest BCUT2D eigenvalue weighted by molar-refractivity contribution is 7.80. The molecule has 4 rings (SSSR count). The molecule has 2 aromatic heterocycles. The Morgan fingerprint density at radius 1 is 1.13 bits per heavy atom. The molecule has 2 aromatic carbocycles. The zero-order chi connectivity index (χ0) is 21.6. The predicted octanol–water partition coefficient (Wildman–Crippen LogP) is 4.09. The maximum absolute atomic E-state index is 12.4. The van der Waals surface area contributed by atoms with Crippen LogP contribution in [0.3, 0.4) is 0 Å². The lowest BCUT2D eigenvalue weighted by molar-refractivity contribution is 0.0976. The second kappa shape index (κ2) is 9.36. The van der Waals surface area contributed by atoms with Gasteiger partial charge in [-0.05, 0) is 67.2 Å². The summed E-state index contributed by atoms with van der Waals surface area (Å²) in [4.78, 5) is 21.0. The lowest BCUT2D eigenvalue weighted by atomic mass is 10.1. The number of hydrogen-bond acceptors (Lipinski definition) is 6. The SMILES string of the molecule is CCOc1cccc(C(=O)NC(=S)NCc2ccc(-c3nc4ncccc4o3)cc2)c1. The summed E-state index contributed by atoms with van der Waals surface area (Å²) in [5.41, 5.74) is 3.55. The van der Waals surface area contributed by atoms with E-state index in [0.717, 1.165) is 11.1 Å². The van der Waals surface area contributed by atoms with Crippen LogP contribution in [-0.4, -0.2) is 27.6 Å². The Kier molecular flexibility index (Phi) is 6.18. The molecule has 0 saturated heterocycles. The number of rotatable bonds is 6. The minimum Gasteiger partial charge on any atom is -0.494 e. The van der Waals surface area contributed by atoms with Gasteiger partial charge in [0.15, 0.2) is 16.3 Å². The highest BCUT2D eigenvalue weighted by atomic mass is 32.1. The topological polar surface area (TPSA) is 89.3 Å². The lowest BCUT2D eigenvalue weighted by Gasteiger charge is -2.11. The third-order valence-electron chi connectivity index (χ3n) is 4.45. The highest BCUT2D eigenvalue weighted by Crippen LogP contribution is 2.23. The van der Waals surface area contributed by atoms with E-state index in [-0.39, 0.29) is 11.0 Å². The third-order valence-corrected chi connectivity index (χ3v) is 4.70. The number of pyridine rings is 1. The Morgan fingerprint density at radius 3 is 2.74 bits per heavy atom. The first-order valence-electron chi connectivity index (χ1n) is 9.75. The number of amides is 1. The molecule has 156 valence electrons. The van der Waals surface area contributed by atoms with E-state index in [9.17, 15) is 4.79 Å². The zero-order valence-corrected chi connectivity index (χ0v) is 17.6. The number of hydrogen-bond donors (Lipinski definition) is 2. The number of fused-ring (bicyclic) bond motifs is 1. The molecule has 0 spiro atoms. The van der Waals surface area contributed by atoms with Crippen molar-refractivity contribution < 1.29 is 13.9 Å². The van der Waals surface area contributed by atoms with Gasteiger partial charge in [-0.2, -0.15) is 4.98 Å². The molecule has 0 aliphatic rings. The first-order valence-corrected chi connectivity index (χ1v) is 10.2. The minimum atomic E-state index is -0.293. The number of benzene rings is 2. The van der Waals surface area contributed by atoms with Crippen molar-refractivity contribution in [3.05, 3.63) is 78.0 Å². The smallest absolute Gasteiger partial charge is 0.257 e. The van der Waals surface area contributed by atoms with Crippen molar-refractivity contribution in [3.8, 4) is 17.2 Å². The molecule has 4 aromatic rings. The predicted molar refractivity (Wildman–Crippen MR) is 122 cm³/mol. The molecule has 7 nitrogen and oxygen atoms in total. The maximum atomic E-state index is 12.4. The van der Waals surface area contributed by atoms with Gasteiger partial charge in [0.2, 0.25) is 5.89 Å². The Hall–Kier alpha value is -3.78. The van der Waals surface area contributed by atoms with Gasteiger partial charge in [-0.15, -0.1) is 0 Å². The van der Waals surface area contributed by atoms with E-state index < -0.39 is 0 Å². The number of ether oxygens (including phenoxy) is 1. The van der Waals surface area contributed by atoms with Crippen molar-refractivity contribution in [3.63, 3.8) is 0 Å². The molecule has 0 atom stereocenters. The third kappa shape index (κ3) is 5.04. The van der Waals surface area contributed by atoms with Gasteiger partial charge < -0.3 is 14.5 Å². The molecule has 0 aliphatic heterocycles. The van der Waals surface area contributed by atoms with Crippen LogP contribution in [0, 0.1) is 0 Å². The number of carbonyl (C=O) groups excluding carboxylic acids is 1. The van der Waals surface area contributed by atoms with Crippen LogP contribution in [0.25, 0.3) is 22.7 Å². The number of nitrogens with one attached hydrogen (secondary N) is 2. The second-order valence-corrected chi connectivity index (χ2v) is 7.05. The van der Waals surface area contributed by atoms with Crippen LogP contribution in [0.4, 0.5) is 0 Å². The normalized spacial score (nSPS) is 10.6. The fourth-order valence-corrected chi connectivity index (χ4v) is 3.12. The maximum Gasteiger partial charge on any atom is 0.257 e. The summed E-state index contributed by atoms with van der Waals surface area (Å²) < 4.78 is 11.2. The van der Waals surface area contributed by atoms with Crippen LogP contribution in [0.5, 0.6) is 5.75 Å². The highest BCUT2D eigenvalue weighted by Gasteiger charge is 2.10. The van der Waals surface area contributed by atoms with Gasteiger partial charge in [-0.25, -0.2) is 4.98 Å². The second-order valence-electron chi connectivity index (χ2n) is 6.64. The lowest BCUT2D eigenvalue weighted by Crippen LogP contribution is -2.38. The van der Waals surface area contributed by atoms with Crippen molar-refractivity contribution in [1.29, 1.82) is 0 Å². The summed E-state index contributed by atoms with van der Waals surface area (Å²) in [5, 5.41) is 5.97. The number of thiocarbonyl (C=S) groups is 1. The van der Waals surface area contributed by atoms with Gasteiger partial charge in [-0.3, -0.25) is 10.1 Å². The molecule has 0 unspecified atom stereocenters. The first kappa shape index (κ1) is 20.5. The fraction of sp³-hybridized carbons (Fsp3) is 0.130. The molecule has 0 radical (unpaired) electrons. The zero-order valence-electron chi connectivity index (χ0n) is 16.8. The molecule has 0 saturated carbocycles. The van der Waals surface area contributed by atoms with Gasteiger partial charge in [0, 0.05) is 23.9 Å². The van der Waals surface area contributed by atoms with Crippen LogP contribution in [0.1, 0.15) is 22.8 Å². The average Bonchev–Trinajstić information content (AvgIpc) is 3.23. The van der Waals surface area contributed by atoms with Crippen LogP contribution in [0.15, 0.2) is 71.3 Å². The molecule has 0 fully saturated rings. The number of aromatic nitrogens is 2. The summed E-state index contributed by atoms with van der Waals surface area (Å²) in [5.74, 6) is 0.869. The molecule has 2 heterocycles. The Bertz CT molecular complexity index is 1190. The monoisotopic (exact) mass is 432 g/mol. The van der Waals surface area contributed by atoms with E-state index >= 15 is 0 Å². The number of oxazole rings is 1. The molecular formula is C23H20N4O3S. The van der Waals surface area contributed by atoms with Gasteiger partial charge in [0.1, 0.15) is 5.75 Å². The van der Waals surface area contributed by atoms with Crippen molar-refractivity contribution in [2.45, 2.75) is 13.5 Å². The summed E-state index contributed by atoms with van der Waals surface area (Å²) in [6.07, 6.45) is 1.68. The van der Waals surface area contributed by atoms with Crippen LogP contribution in [-0.2, 0) is 6.54 Å². The van der Waals surface area contributed by atoms with E-state index in [0.29, 0.717) is 41.6 Å². The molecular weight excluding hydrogens is 412 g/mol. The van der Waals surface area contributed by atoms with E-state index in [1.165, 1.54) is 0 Å². The average molecular weight is 433 g/mol. The van der Waals surface area contributed by atoms with Crippen molar-refractivity contribution in [2.75, 3.05) is 6.61 Å². The Morgan fingerprint density at radius 2 is 1.97 bits per heavy atom. The molecule has 8 heteroatoms. The molecule has 31 heavy (non-hydrogen) atoms. The molecule has 1 amide bonds. The van der Waals surface area contributed by atoms with Crippen molar-refractivity contribution in [2.24, 2.45) is 0 Å². The summed E-state index contributed by atoms with van der Waals surface area (Å²) >= 11 is 5.25. The first-order chi connectivity index (χ1) is 15.1. The summed E-state index contributed by atoms with van der Waals surface area (Å²) in [6.45, 7) is 2.89. The Labute approximate surface area is 184 Å². The molecule has 0 aliphatic carbocycles. The molecule has 0 bridgehead atoms. The van der Waals surface area contributed by atoms with Crippen LogP contribution in [0.2, 0.25) is 0 Å². The van der Waals surface area contributed by atoms with E-state index in [2.05, 4.69) is 20.6 Å². The van der Waals surface area contributed by atoms with E-state index in [1.807, 2.05) is 43.3 Å². The van der Waals surface area contributed by atoms with E-state index in [4.69, 9.17) is 21.4 Å². The summed E-state index contributed by atoms with van der Waals surface area (Å²) in [7, 11) is 0. The number of nitrogens with zero attached hydrogens (tertiary/aromatic N) is 2. The van der Waals surface area contributed by atoms with Gasteiger partial charge in [-0.1, -0.05) is 18.2 Å². The van der Waals surface area contributed by atoms with Gasteiger partial charge in [0.05, 0.1) is 6.61 Å². The standard InChI is InChI=1S/C23H20N4O3S/c1-2-29-18-6-3-5-17(13-18)21(28)27-23(31)25-14-15-8-10-16(11-9-15)22-26-20-19(30-22)7-4-12-24-20/h3-13H,2,14H2,1H3,(H2,25,27,28,31). The molecule has 2 N–H and O–H groups in total. The van der Waals surface area contributed by atoms with Crippen LogP contribution >= 0.6 is 12.2 Å². The van der Waals surface area contributed by atoms with Gasteiger partial charge in [0.25, 0.3) is 5.91 Å². The fourth-order valence-electron chi connectivity index (χ4n) is 2.95. The van der Waals surface area contributed by atoms with Crippen molar-refractivity contribution in [1.82, 2.24) is 20.6 Å². The number of carbonyl (C=O) groups is 1. The largest absolute Gasteiger partial charge is 0.494 e. The quantitative estimate of drug-likeness (QED) is 0.444. The minimum absolute atomic E-state index is 0.251. The summed E-state index contributed by atoms with van der Waals surface area (Å²) in [6, 6.07) is 18.3.